The lowest BCUT2D eigenvalue weighted by Gasteiger charge is -2.09. The van der Waals surface area contributed by atoms with Crippen LogP contribution in [-0.4, -0.2) is 16.3 Å². The van der Waals surface area contributed by atoms with Gasteiger partial charge < -0.3 is 5.73 Å². The summed E-state index contributed by atoms with van der Waals surface area (Å²) in [4.78, 5) is 22.0. The highest BCUT2D eigenvalue weighted by atomic mass is 16.1. The normalized spacial score (nSPS) is 12.8. The molecule has 0 aliphatic carbocycles. The molecular formula is C8H13N3O2. The van der Waals surface area contributed by atoms with Crippen LogP contribution in [0.2, 0.25) is 0 Å². The Morgan fingerprint density at radius 1 is 1.54 bits per heavy atom. The number of aromatic amines is 1. The molecule has 0 fully saturated rings. The summed E-state index contributed by atoms with van der Waals surface area (Å²) in [6.07, 6.45) is 0. The van der Waals surface area contributed by atoms with Crippen molar-refractivity contribution in [2.24, 2.45) is 11.7 Å². The van der Waals surface area contributed by atoms with Gasteiger partial charge >= 0.3 is 0 Å². The average Bonchev–Trinajstić information content (AvgIpc) is 2.11. The van der Waals surface area contributed by atoms with Crippen LogP contribution in [0.3, 0.4) is 0 Å². The monoisotopic (exact) mass is 183 g/mol. The Morgan fingerprint density at radius 3 is 2.85 bits per heavy atom. The summed E-state index contributed by atoms with van der Waals surface area (Å²) in [5.74, 6) is 0.177. The maximum atomic E-state index is 11.2. The second-order valence-electron chi connectivity index (χ2n) is 3.10. The van der Waals surface area contributed by atoms with E-state index in [1.807, 2.05) is 6.92 Å². The lowest BCUT2D eigenvalue weighted by Crippen LogP contribution is -2.31. The molecule has 0 amide bonds. The molecule has 0 aliphatic heterocycles. The minimum atomic E-state index is -0.274. The summed E-state index contributed by atoms with van der Waals surface area (Å²) in [6.45, 7) is 2.85. The molecule has 0 radical (unpaired) electrons. The molecule has 0 saturated heterocycles. The van der Waals surface area contributed by atoms with Crippen LogP contribution in [0, 0.1) is 5.92 Å². The van der Waals surface area contributed by atoms with Crippen LogP contribution < -0.4 is 16.9 Å². The molecule has 0 bridgehead atoms. The van der Waals surface area contributed by atoms with Crippen LogP contribution in [0.25, 0.3) is 0 Å². The molecule has 1 heterocycles. The van der Waals surface area contributed by atoms with E-state index in [0.717, 1.165) is 0 Å². The van der Waals surface area contributed by atoms with Crippen LogP contribution in [0.15, 0.2) is 21.7 Å². The van der Waals surface area contributed by atoms with E-state index >= 15 is 0 Å². The predicted octanol–water partition coefficient (Wildman–Crippen LogP) is -0.869. The summed E-state index contributed by atoms with van der Waals surface area (Å²) >= 11 is 0. The molecule has 0 aromatic carbocycles. The number of nitrogens with one attached hydrogen (secondary N) is 1. The van der Waals surface area contributed by atoms with Crippen LogP contribution in [-0.2, 0) is 6.54 Å². The lowest BCUT2D eigenvalue weighted by molar-refractivity contribution is 0.438. The standard InChI is InChI=1S/C8H13N3O2/c1-6(4-9)5-11-8(13)3-2-7(12)10-11/h2-3,6H,4-5,9H2,1H3,(H,10,12). The second-order valence-corrected chi connectivity index (χ2v) is 3.10. The fourth-order valence-corrected chi connectivity index (χ4v) is 0.984. The molecule has 5 heteroatoms. The zero-order valence-electron chi connectivity index (χ0n) is 7.49. The summed E-state index contributed by atoms with van der Waals surface area (Å²) in [6, 6.07) is 2.47. The summed E-state index contributed by atoms with van der Waals surface area (Å²) in [5.41, 5.74) is 4.92. The van der Waals surface area contributed by atoms with Gasteiger partial charge in [0.15, 0.2) is 0 Å². The van der Waals surface area contributed by atoms with Gasteiger partial charge in [0.25, 0.3) is 11.1 Å². The first-order valence-corrected chi connectivity index (χ1v) is 4.13. The van der Waals surface area contributed by atoms with Crippen molar-refractivity contribution in [1.82, 2.24) is 9.78 Å². The molecule has 1 aromatic heterocycles. The van der Waals surface area contributed by atoms with Gasteiger partial charge in [-0.1, -0.05) is 6.92 Å². The zero-order chi connectivity index (χ0) is 9.84. The molecule has 0 saturated carbocycles. The van der Waals surface area contributed by atoms with Gasteiger partial charge in [-0.3, -0.25) is 14.7 Å². The van der Waals surface area contributed by atoms with Crippen molar-refractivity contribution in [1.29, 1.82) is 0 Å². The van der Waals surface area contributed by atoms with E-state index < -0.39 is 0 Å². The molecule has 0 spiro atoms. The molecule has 3 N–H and O–H groups in total. The third-order valence-electron chi connectivity index (χ3n) is 1.79. The molecule has 1 unspecified atom stereocenters. The second kappa shape index (κ2) is 4.04. The molecule has 1 rings (SSSR count). The largest absolute Gasteiger partial charge is 0.330 e. The summed E-state index contributed by atoms with van der Waals surface area (Å²) in [7, 11) is 0. The first-order chi connectivity index (χ1) is 6.13. The van der Waals surface area contributed by atoms with Crippen LogP contribution >= 0.6 is 0 Å². The summed E-state index contributed by atoms with van der Waals surface area (Å²) < 4.78 is 1.28. The van der Waals surface area contributed by atoms with Crippen molar-refractivity contribution in [3.63, 3.8) is 0 Å². The minimum Gasteiger partial charge on any atom is -0.330 e. The van der Waals surface area contributed by atoms with Crippen molar-refractivity contribution in [3.05, 3.63) is 32.8 Å². The van der Waals surface area contributed by atoms with Crippen molar-refractivity contribution in [2.75, 3.05) is 6.54 Å². The van der Waals surface area contributed by atoms with E-state index in [0.29, 0.717) is 13.1 Å². The number of nitrogens with zero attached hydrogens (tertiary/aromatic N) is 1. The van der Waals surface area contributed by atoms with Gasteiger partial charge in [0.2, 0.25) is 0 Å². The Hall–Kier alpha value is -1.36. The Bertz CT molecular complexity index is 379. The summed E-state index contributed by atoms with van der Waals surface area (Å²) in [5, 5.41) is 2.43. The van der Waals surface area contributed by atoms with Crippen molar-refractivity contribution in [3.8, 4) is 0 Å². The van der Waals surface area contributed by atoms with E-state index in [2.05, 4.69) is 5.10 Å². The first-order valence-electron chi connectivity index (χ1n) is 4.13. The fraction of sp³-hybridized carbons (Fsp3) is 0.500. The molecule has 5 nitrogen and oxygen atoms in total. The number of aromatic nitrogens is 2. The van der Waals surface area contributed by atoms with Gasteiger partial charge in [0, 0.05) is 18.7 Å². The Labute approximate surface area is 75.2 Å². The highest BCUT2D eigenvalue weighted by Crippen LogP contribution is 1.91. The van der Waals surface area contributed by atoms with Crippen LogP contribution in [0.4, 0.5) is 0 Å². The third-order valence-corrected chi connectivity index (χ3v) is 1.79. The smallest absolute Gasteiger partial charge is 0.265 e. The maximum absolute atomic E-state index is 11.2. The van der Waals surface area contributed by atoms with Gasteiger partial charge in [-0.2, -0.15) is 0 Å². The number of H-pyrrole nitrogens is 1. The number of nitrogens with two attached hydrogens (primary N) is 1. The van der Waals surface area contributed by atoms with Crippen LogP contribution in [0.1, 0.15) is 6.92 Å². The molecule has 1 aromatic rings. The first kappa shape index (κ1) is 9.73. The maximum Gasteiger partial charge on any atom is 0.265 e. The van der Waals surface area contributed by atoms with E-state index in [4.69, 9.17) is 5.73 Å². The topological polar surface area (TPSA) is 80.9 Å². The van der Waals surface area contributed by atoms with E-state index in [1.54, 1.807) is 0 Å². The van der Waals surface area contributed by atoms with Gasteiger partial charge in [0.05, 0.1) is 0 Å². The van der Waals surface area contributed by atoms with E-state index in [1.165, 1.54) is 16.8 Å². The van der Waals surface area contributed by atoms with Crippen molar-refractivity contribution >= 4 is 0 Å². The molecular weight excluding hydrogens is 170 g/mol. The fourth-order valence-electron chi connectivity index (χ4n) is 0.984. The SMILES string of the molecule is CC(CN)Cn1[nH]c(=O)ccc1=O. The number of hydrogen-bond acceptors (Lipinski definition) is 3. The Kier molecular flexibility index (Phi) is 3.02. The van der Waals surface area contributed by atoms with Gasteiger partial charge in [-0.25, -0.2) is 4.68 Å². The van der Waals surface area contributed by atoms with Gasteiger partial charge in [-0.15, -0.1) is 0 Å². The Balaban J connectivity index is 2.94. The highest BCUT2D eigenvalue weighted by molar-refractivity contribution is 4.86. The zero-order valence-corrected chi connectivity index (χ0v) is 7.49. The van der Waals surface area contributed by atoms with Gasteiger partial charge in [-0.05, 0) is 12.5 Å². The van der Waals surface area contributed by atoms with E-state index in [9.17, 15) is 9.59 Å². The van der Waals surface area contributed by atoms with Crippen molar-refractivity contribution in [2.45, 2.75) is 13.5 Å². The third kappa shape index (κ3) is 2.55. The van der Waals surface area contributed by atoms with Crippen LogP contribution in [0.5, 0.6) is 0 Å². The minimum absolute atomic E-state index is 0.177. The average molecular weight is 183 g/mol. The molecule has 72 valence electrons. The van der Waals surface area contributed by atoms with Crippen molar-refractivity contribution < 1.29 is 0 Å². The quantitative estimate of drug-likeness (QED) is 0.639. The Morgan fingerprint density at radius 2 is 2.23 bits per heavy atom. The molecule has 0 aliphatic rings. The van der Waals surface area contributed by atoms with Gasteiger partial charge in [0.1, 0.15) is 0 Å². The number of rotatable bonds is 3. The molecule has 13 heavy (non-hydrogen) atoms. The molecule has 1 atom stereocenters. The highest BCUT2D eigenvalue weighted by Gasteiger charge is 2.02. The predicted molar refractivity (Wildman–Crippen MR) is 49.5 cm³/mol. The van der Waals surface area contributed by atoms with E-state index in [-0.39, 0.29) is 17.0 Å². The number of hydrogen-bond donors (Lipinski definition) is 2. The lowest BCUT2D eigenvalue weighted by atomic mass is 10.2.